The first-order valence-corrected chi connectivity index (χ1v) is 10.2. The van der Waals surface area contributed by atoms with Gasteiger partial charge in [-0.25, -0.2) is 4.79 Å². The molecule has 0 bridgehead atoms. The lowest BCUT2D eigenvalue weighted by Crippen LogP contribution is -2.31. The molecule has 0 amide bonds. The van der Waals surface area contributed by atoms with E-state index in [1.165, 1.54) is 0 Å². The van der Waals surface area contributed by atoms with Crippen LogP contribution in [-0.4, -0.2) is 30.8 Å². The van der Waals surface area contributed by atoms with Crippen molar-refractivity contribution in [3.8, 4) is 28.4 Å². The first kappa shape index (κ1) is 20.1. The number of aromatic nitrogens is 1. The van der Waals surface area contributed by atoms with Crippen LogP contribution in [0.1, 0.15) is 11.1 Å². The summed E-state index contributed by atoms with van der Waals surface area (Å²) in [7, 11) is 3.14. The van der Waals surface area contributed by atoms with Crippen LogP contribution in [0.25, 0.3) is 22.1 Å². The Morgan fingerprint density at radius 2 is 1.94 bits per heavy atom. The Morgan fingerprint density at radius 3 is 2.72 bits per heavy atom. The fourth-order valence-corrected chi connectivity index (χ4v) is 4.00. The van der Waals surface area contributed by atoms with Gasteiger partial charge in [0.15, 0.2) is 11.5 Å². The second-order valence-electron chi connectivity index (χ2n) is 7.60. The van der Waals surface area contributed by atoms with Crippen molar-refractivity contribution in [3.05, 3.63) is 82.5 Å². The fourth-order valence-electron chi connectivity index (χ4n) is 4.00. The molecule has 0 saturated heterocycles. The third-order valence-electron chi connectivity index (χ3n) is 5.57. The van der Waals surface area contributed by atoms with Gasteiger partial charge >= 0.3 is 5.63 Å². The van der Waals surface area contributed by atoms with Crippen LogP contribution < -0.4 is 19.8 Å². The first-order chi connectivity index (χ1) is 15.7. The third-order valence-corrected chi connectivity index (χ3v) is 5.57. The molecule has 4 aromatic rings. The summed E-state index contributed by atoms with van der Waals surface area (Å²) in [6.07, 6.45) is 3.60. The summed E-state index contributed by atoms with van der Waals surface area (Å²) < 4.78 is 22.4. The van der Waals surface area contributed by atoms with Gasteiger partial charge in [0.2, 0.25) is 0 Å². The van der Waals surface area contributed by atoms with Gasteiger partial charge in [-0.05, 0) is 47.5 Å². The highest BCUT2D eigenvalue weighted by atomic mass is 16.5. The van der Waals surface area contributed by atoms with Crippen LogP contribution in [0.2, 0.25) is 0 Å². The predicted molar refractivity (Wildman–Crippen MR) is 120 cm³/mol. The maximum absolute atomic E-state index is 12.9. The molecule has 32 heavy (non-hydrogen) atoms. The lowest BCUT2D eigenvalue weighted by Gasteiger charge is -2.29. The summed E-state index contributed by atoms with van der Waals surface area (Å²) in [6, 6.07) is 15.0. The van der Waals surface area contributed by atoms with Crippen molar-refractivity contribution in [2.24, 2.45) is 0 Å². The molecule has 0 N–H and O–H groups in total. The molecule has 7 heteroatoms. The quantitative estimate of drug-likeness (QED) is 0.439. The summed E-state index contributed by atoms with van der Waals surface area (Å²) in [4.78, 5) is 19.3. The van der Waals surface area contributed by atoms with E-state index >= 15 is 0 Å². The van der Waals surface area contributed by atoms with Crippen molar-refractivity contribution in [3.63, 3.8) is 0 Å². The predicted octanol–water partition coefficient (Wildman–Crippen LogP) is 4.22. The highest BCUT2D eigenvalue weighted by Gasteiger charge is 2.22. The van der Waals surface area contributed by atoms with Crippen LogP contribution in [0.4, 0.5) is 0 Å². The Kier molecular flexibility index (Phi) is 5.25. The molecular weight excluding hydrogens is 408 g/mol. The lowest BCUT2D eigenvalue weighted by molar-refractivity contribution is 0.0889. The second-order valence-corrected chi connectivity index (χ2v) is 7.60. The molecule has 0 aliphatic carbocycles. The number of nitrogens with zero attached hydrogens (tertiary/aromatic N) is 2. The molecular formula is C25H22N2O5. The van der Waals surface area contributed by atoms with E-state index in [4.69, 9.17) is 18.6 Å². The highest BCUT2D eigenvalue weighted by molar-refractivity contribution is 5.86. The van der Waals surface area contributed by atoms with Crippen LogP contribution in [0.5, 0.6) is 17.2 Å². The van der Waals surface area contributed by atoms with Crippen molar-refractivity contribution >= 4 is 11.0 Å². The molecule has 0 spiro atoms. The van der Waals surface area contributed by atoms with Gasteiger partial charge in [0.25, 0.3) is 0 Å². The zero-order valence-corrected chi connectivity index (χ0v) is 17.8. The Balaban J connectivity index is 1.52. The van der Waals surface area contributed by atoms with E-state index in [0.717, 1.165) is 22.3 Å². The van der Waals surface area contributed by atoms with Gasteiger partial charge < -0.3 is 18.6 Å². The minimum Gasteiger partial charge on any atom is -0.493 e. The highest BCUT2D eigenvalue weighted by Crippen LogP contribution is 2.35. The molecule has 1 aliphatic rings. The standard InChI is InChI=1S/C25H22N2O5/c1-29-22-8-5-17(11-23(22)30-2)19-10-18-6-7-21-20(24(18)32-25(19)28)14-27(15-31-21)13-16-4-3-9-26-12-16/h3-12H,13-15H2,1-2H3. The van der Waals surface area contributed by atoms with Gasteiger partial charge in [-0.15, -0.1) is 0 Å². The number of fused-ring (bicyclic) bond motifs is 3. The van der Waals surface area contributed by atoms with Gasteiger partial charge in [0.05, 0.1) is 25.3 Å². The summed E-state index contributed by atoms with van der Waals surface area (Å²) in [5.74, 6) is 1.89. The van der Waals surface area contributed by atoms with E-state index in [2.05, 4.69) is 9.88 Å². The topological polar surface area (TPSA) is 74.0 Å². The number of hydrogen-bond donors (Lipinski definition) is 0. The first-order valence-electron chi connectivity index (χ1n) is 10.2. The minimum absolute atomic E-state index is 0.414. The monoisotopic (exact) mass is 430 g/mol. The van der Waals surface area contributed by atoms with Gasteiger partial charge in [-0.1, -0.05) is 12.1 Å². The van der Waals surface area contributed by atoms with Crippen molar-refractivity contribution in [2.45, 2.75) is 13.1 Å². The fraction of sp³-hybridized carbons (Fsp3) is 0.200. The number of pyridine rings is 1. The smallest absolute Gasteiger partial charge is 0.344 e. The Bertz CT molecular complexity index is 1330. The summed E-state index contributed by atoms with van der Waals surface area (Å²) in [5.41, 5.74) is 3.26. The van der Waals surface area contributed by atoms with Crippen molar-refractivity contribution in [1.29, 1.82) is 0 Å². The maximum atomic E-state index is 12.9. The molecule has 3 heterocycles. The number of rotatable bonds is 5. The van der Waals surface area contributed by atoms with Crippen molar-refractivity contribution in [2.75, 3.05) is 21.0 Å². The largest absolute Gasteiger partial charge is 0.493 e. The summed E-state index contributed by atoms with van der Waals surface area (Å²) >= 11 is 0. The number of hydrogen-bond acceptors (Lipinski definition) is 7. The molecule has 0 atom stereocenters. The Hall–Kier alpha value is -3.84. The zero-order chi connectivity index (χ0) is 22.1. The van der Waals surface area contributed by atoms with Crippen LogP contribution in [0, 0.1) is 0 Å². The molecule has 2 aromatic carbocycles. The number of benzene rings is 2. The molecule has 0 radical (unpaired) electrons. The van der Waals surface area contributed by atoms with E-state index in [9.17, 15) is 4.79 Å². The van der Waals surface area contributed by atoms with E-state index in [0.29, 0.717) is 48.0 Å². The van der Waals surface area contributed by atoms with Crippen molar-refractivity contribution < 1.29 is 18.6 Å². The molecule has 0 unspecified atom stereocenters. The molecule has 0 fully saturated rings. The second kappa shape index (κ2) is 8.36. The number of ether oxygens (including phenoxy) is 3. The van der Waals surface area contributed by atoms with E-state index in [1.807, 2.05) is 42.6 Å². The SMILES string of the molecule is COc1ccc(-c2cc3ccc4c(c3oc2=O)CN(Cc2cccnc2)CO4)cc1OC. The van der Waals surface area contributed by atoms with Crippen LogP contribution in [0.15, 0.2) is 70.1 Å². The van der Waals surface area contributed by atoms with Gasteiger partial charge in [-0.2, -0.15) is 0 Å². The molecule has 162 valence electrons. The van der Waals surface area contributed by atoms with Gasteiger partial charge in [-0.3, -0.25) is 9.88 Å². The average Bonchev–Trinajstić information content (AvgIpc) is 2.84. The van der Waals surface area contributed by atoms with E-state index < -0.39 is 5.63 Å². The van der Waals surface area contributed by atoms with Crippen LogP contribution >= 0.6 is 0 Å². The third kappa shape index (κ3) is 3.67. The van der Waals surface area contributed by atoms with E-state index in [1.54, 1.807) is 32.5 Å². The molecule has 7 nitrogen and oxygen atoms in total. The minimum atomic E-state index is -0.414. The number of methoxy groups -OCH3 is 2. The molecule has 2 aromatic heterocycles. The Morgan fingerprint density at radius 1 is 1.06 bits per heavy atom. The molecule has 1 aliphatic heterocycles. The lowest BCUT2D eigenvalue weighted by atomic mass is 10.0. The van der Waals surface area contributed by atoms with Crippen LogP contribution in [-0.2, 0) is 13.1 Å². The van der Waals surface area contributed by atoms with E-state index in [-0.39, 0.29) is 0 Å². The zero-order valence-electron chi connectivity index (χ0n) is 17.8. The average molecular weight is 430 g/mol. The van der Waals surface area contributed by atoms with Crippen molar-refractivity contribution in [1.82, 2.24) is 9.88 Å². The summed E-state index contributed by atoms with van der Waals surface area (Å²) in [5, 5.41) is 0.833. The Labute approximate surface area is 184 Å². The normalized spacial score (nSPS) is 13.4. The maximum Gasteiger partial charge on any atom is 0.344 e. The van der Waals surface area contributed by atoms with Gasteiger partial charge in [0.1, 0.15) is 18.1 Å². The molecule has 5 rings (SSSR count). The molecule has 0 saturated carbocycles. The van der Waals surface area contributed by atoms with Crippen LogP contribution in [0.3, 0.4) is 0 Å². The van der Waals surface area contributed by atoms with Gasteiger partial charge in [0, 0.05) is 30.9 Å². The summed E-state index contributed by atoms with van der Waals surface area (Å²) in [6.45, 7) is 1.76.